The van der Waals surface area contributed by atoms with E-state index in [9.17, 15) is 29.4 Å². The van der Waals surface area contributed by atoms with E-state index < -0.39 is 48.4 Å². The first kappa shape index (κ1) is 32.0. The van der Waals surface area contributed by atoms with E-state index >= 15 is 0 Å². The highest BCUT2D eigenvalue weighted by molar-refractivity contribution is 5.96. The number of aromatic hydroxyl groups is 1. The summed E-state index contributed by atoms with van der Waals surface area (Å²) in [7, 11) is 1.25. The maximum atomic E-state index is 13.4. The van der Waals surface area contributed by atoms with Crippen molar-refractivity contribution in [2.45, 2.75) is 64.6 Å². The number of esters is 1. The number of benzene rings is 1. The largest absolute Gasteiger partial charge is 0.508 e. The van der Waals surface area contributed by atoms with E-state index in [1.807, 2.05) is 0 Å². The van der Waals surface area contributed by atoms with Crippen molar-refractivity contribution in [1.29, 1.82) is 0 Å². The third kappa shape index (κ3) is 10.1. The minimum atomic E-state index is -1.18. The second-order valence-corrected chi connectivity index (χ2v) is 9.53. The van der Waals surface area contributed by atoms with E-state index in [1.165, 1.54) is 31.1 Å². The quantitative estimate of drug-likeness (QED) is 0.117. The number of rotatable bonds is 16. The van der Waals surface area contributed by atoms with Crippen molar-refractivity contribution in [3.05, 3.63) is 29.8 Å². The van der Waals surface area contributed by atoms with Crippen LogP contribution in [0.1, 0.15) is 56.8 Å². The lowest BCUT2D eigenvalue weighted by Crippen LogP contribution is -2.57. The van der Waals surface area contributed by atoms with Gasteiger partial charge in [0.05, 0.1) is 19.2 Å². The van der Waals surface area contributed by atoms with E-state index in [2.05, 4.69) is 5.32 Å². The number of carbonyl (C=O) groups excluding carboxylic acids is 4. The first-order chi connectivity index (χ1) is 17.4. The summed E-state index contributed by atoms with van der Waals surface area (Å²) in [6.45, 7) is 4.78. The number of aliphatic hydroxyl groups excluding tert-OH is 1. The Morgan fingerprint density at radius 1 is 1.03 bits per heavy atom. The van der Waals surface area contributed by atoms with Gasteiger partial charge in [-0.05, 0) is 49.9 Å². The Hall–Kier alpha value is -3.02. The van der Waals surface area contributed by atoms with Gasteiger partial charge in [0.1, 0.15) is 11.8 Å². The molecule has 11 nitrogen and oxygen atoms in total. The van der Waals surface area contributed by atoms with Crippen LogP contribution in [-0.4, -0.2) is 83.6 Å². The van der Waals surface area contributed by atoms with E-state index in [4.69, 9.17) is 16.2 Å². The Kier molecular flexibility index (Phi) is 13.8. The Morgan fingerprint density at radius 3 is 2.16 bits per heavy atom. The van der Waals surface area contributed by atoms with Crippen LogP contribution in [-0.2, 0) is 19.1 Å². The highest BCUT2D eigenvalue weighted by atomic mass is 16.5. The molecule has 0 aliphatic rings. The average molecular weight is 523 g/mol. The summed E-state index contributed by atoms with van der Waals surface area (Å²) in [6, 6.07) is 3.23. The lowest BCUT2D eigenvalue weighted by atomic mass is 9.96. The van der Waals surface area contributed by atoms with Gasteiger partial charge >= 0.3 is 5.97 Å². The molecule has 0 saturated heterocycles. The lowest BCUT2D eigenvalue weighted by Gasteiger charge is -2.35. The molecule has 0 aliphatic heterocycles. The summed E-state index contributed by atoms with van der Waals surface area (Å²) in [5.41, 5.74) is 12.3. The van der Waals surface area contributed by atoms with Crippen LogP contribution in [0.15, 0.2) is 24.3 Å². The number of ketones is 1. The zero-order valence-corrected chi connectivity index (χ0v) is 22.2. The van der Waals surface area contributed by atoms with Crippen LogP contribution in [0.3, 0.4) is 0 Å². The standard InChI is InChI=1S/C26H42N4O7/c1-16(2)23(26(36)37-4)30(25(35)22(28)19(15-31)14-29-24(34)17(3)27)13-7-5-6-8-21(33)18-9-11-20(32)12-10-18/h9-12,16-17,19,22-23,31-32H,5-8,13-15,27-28H2,1-4H3,(H,29,34)/t17-,19?,22?,23?/m0/s1. The van der Waals surface area contributed by atoms with Gasteiger partial charge in [-0.3, -0.25) is 14.4 Å². The van der Waals surface area contributed by atoms with Crippen LogP contribution >= 0.6 is 0 Å². The fraction of sp³-hybridized carbons (Fsp3) is 0.615. The summed E-state index contributed by atoms with van der Waals surface area (Å²) in [5.74, 6) is -2.58. The Balaban J connectivity index is 2.87. The van der Waals surface area contributed by atoms with Crippen LogP contribution in [0.4, 0.5) is 0 Å². The number of unbranched alkanes of at least 4 members (excludes halogenated alkanes) is 2. The first-order valence-electron chi connectivity index (χ1n) is 12.5. The van der Waals surface area contributed by atoms with Crippen LogP contribution in [0.2, 0.25) is 0 Å². The molecule has 0 saturated carbocycles. The average Bonchev–Trinajstić information content (AvgIpc) is 2.86. The lowest BCUT2D eigenvalue weighted by molar-refractivity contribution is -0.156. The van der Waals surface area contributed by atoms with E-state index in [1.54, 1.807) is 26.0 Å². The molecule has 3 unspecified atom stereocenters. The van der Waals surface area contributed by atoms with E-state index in [-0.39, 0.29) is 30.5 Å². The molecule has 4 atom stereocenters. The molecule has 1 aromatic rings. The van der Waals surface area contributed by atoms with Crippen LogP contribution < -0.4 is 16.8 Å². The molecule has 0 spiro atoms. The number of phenolic OH excluding ortho intramolecular Hbond substituents is 1. The van der Waals surface area contributed by atoms with Crippen molar-refractivity contribution < 1.29 is 34.1 Å². The van der Waals surface area contributed by atoms with E-state index in [0.29, 0.717) is 31.2 Å². The Labute approximate surface area is 218 Å². The van der Waals surface area contributed by atoms with Gasteiger partial charge in [0.2, 0.25) is 11.8 Å². The molecule has 0 aromatic heterocycles. The fourth-order valence-corrected chi connectivity index (χ4v) is 3.89. The summed E-state index contributed by atoms with van der Waals surface area (Å²) >= 11 is 0. The molecular formula is C26H42N4O7. The van der Waals surface area contributed by atoms with Crippen molar-refractivity contribution in [3.8, 4) is 5.75 Å². The monoisotopic (exact) mass is 522 g/mol. The third-order valence-corrected chi connectivity index (χ3v) is 6.16. The second kappa shape index (κ2) is 16.0. The molecule has 0 fully saturated rings. The molecule has 0 radical (unpaired) electrons. The topological polar surface area (TPSA) is 185 Å². The van der Waals surface area contributed by atoms with Gasteiger partial charge in [-0.25, -0.2) is 4.79 Å². The number of nitrogens with zero attached hydrogens (tertiary/aromatic N) is 1. The smallest absolute Gasteiger partial charge is 0.328 e. The normalized spacial score (nSPS) is 14.4. The molecular weight excluding hydrogens is 480 g/mol. The minimum Gasteiger partial charge on any atom is -0.508 e. The van der Waals surface area contributed by atoms with Crippen molar-refractivity contribution in [2.24, 2.45) is 23.3 Å². The van der Waals surface area contributed by atoms with Crippen LogP contribution in [0.5, 0.6) is 5.75 Å². The number of methoxy groups -OCH3 is 1. The molecule has 37 heavy (non-hydrogen) atoms. The van der Waals surface area contributed by atoms with Gasteiger partial charge in [-0.2, -0.15) is 0 Å². The number of phenols is 1. The van der Waals surface area contributed by atoms with Crippen molar-refractivity contribution >= 4 is 23.6 Å². The number of nitrogens with one attached hydrogen (secondary N) is 1. The number of aliphatic hydroxyl groups is 1. The predicted octanol–water partition coefficient (Wildman–Crippen LogP) is 0.561. The zero-order chi connectivity index (χ0) is 28.1. The van der Waals surface area contributed by atoms with Gasteiger partial charge in [-0.1, -0.05) is 20.3 Å². The number of ether oxygens (including phenoxy) is 1. The molecule has 1 rings (SSSR count). The molecule has 7 N–H and O–H groups in total. The molecule has 0 aliphatic carbocycles. The highest BCUT2D eigenvalue weighted by Gasteiger charge is 2.37. The summed E-state index contributed by atoms with van der Waals surface area (Å²) in [6.07, 6.45) is 1.99. The number of carbonyl (C=O) groups is 4. The Morgan fingerprint density at radius 2 is 1.65 bits per heavy atom. The number of hydrogen-bond acceptors (Lipinski definition) is 9. The molecule has 11 heteroatoms. The first-order valence-corrected chi connectivity index (χ1v) is 12.5. The molecule has 2 amide bonds. The minimum absolute atomic E-state index is 0.0517. The van der Waals surface area contributed by atoms with Gasteiger partial charge < -0.3 is 36.6 Å². The van der Waals surface area contributed by atoms with Crippen LogP contribution in [0.25, 0.3) is 0 Å². The number of amides is 2. The molecule has 1 aromatic carbocycles. The number of Topliss-reactive ketones (excluding diaryl/α,β-unsaturated/α-hetero) is 1. The SMILES string of the molecule is COC(=O)C(C(C)C)N(CCCCCC(=O)c1ccc(O)cc1)C(=O)C(N)C(CO)CNC(=O)[C@H](C)N. The van der Waals surface area contributed by atoms with Gasteiger partial charge in [0.15, 0.2) is 5.78 Å². The molecule has 0 bridgehead atoms. The van der Waals surface area contributed by atoms with Crippen molar-refractivity contribution in [2.75, 3.05) is 26.8 Å². The number of nitrogens with two attached hydrogens (primary N) is 2. The predicted molar refractivity (Wildman–Crippen MR) is 138 cm³/mol. The highest BCUT2D eigenvalue weighted by Crippen LogP contribution is 2.18. The summed E-state index contributed by atoms with van der Waals surface area (Å²) in [4.78, 5) is 51.6. The van der Waals surface area contributed by atoms with Crippen molar-refractivity contribution in [1.82, 2.24) is 10.2 Å². The summed E-state index contributed by atoms with van der Waals surface area (Å²) < 4.78 is 4.94. The Bertz CT molecular complexity index is 889. The van der Waals surface area contributed by atoms with Gasteiger partial charge in [-0.15, -0.1) is 0 Å². The van der Waals surface area contributed by atoms with Crippen molar-refractivity contribution in [3.63, 3.8) is 0 Å². The maximum Gasteiger partial charge on any atom is 0.328 e. The van der Waals surface area contributed by atoms with Gasteiger partial charge in [0.25, 0.3) is 0 Å². The van der Waals surface area contributed by atoms with Crippen LogP contribution in [0, 0.1) is 11.8 Å². The molecule has 208 valence electrons. The maximum absolute atomic E-state index is 13.4. The van der Waals surface area contributed by atoms with Gasteiger partial charge in [0, 0.05) is 37.6 Å². The zero-order valence-electron chi connectivity index (χ0n) is 22.2. The second-order valence-electron chi connectivity index (χ2n) is 9.53. The molecule has 0 heterocycles. The fourth-order valence-electron chi connectivity index (χ4n) is 3.89. The summed E-state index contributed by atoms with van der Waals surface area (Å²) in [5, 5.41) is 21.8. The van der Waals surface area contributed by atoms with E-state index in [0.717, 1.165) is 0 Å². The third-order valence-electron chi connectivity index (χ3n) is 6.16. The number of hydrogen-bond donors (Lipinski definition) is 5.